The summed E-state index contributed by atoms with van der Waals surface area (Å²) in [5, 5.41) is 0. The highest BCUT2D eigenvalue weighted by Crippen LogP contribution is 2.17. The van der Waals surface area contributed by atoms with Crippen molar-refractivity contribution in [3.63, 3.8) is 0 Å². The van der Waals surface area contributed by atoms with Gasteiger partial charge >= 0.3 is 17.9 Å². The SMILES string of the molecule is CC/C=C/C/C=C/C/C=C/C/C=C/C/C=C/CCCC(=O)OC[C@H](COC(=O)CCCCCCCCCCCCCCCCCCCC)OC(=O)CCCCCCCCCCCCCCCCCCCC. The lowest BCUT2D eigenvalue weighted by Crippen LogP contribution is -2.30. The Morgan fingerprint density at radius 3 is 0.859 bits per heavy atom. The molecule has 0 spiro atoms. The van der Waals surface area contributed by atoms with Gasteiger partial charge in [-0.25, -0.2) is 0 Å². The number of carbonyl (C=O) groups excluding carboxylic acids is 3. The molecule has 0 aromatic heterocycles. The number of hydrogen-bond donors (Lipinski definition) is 0. The monoisotopic (exact) mass is 993 g/mol. The van der Waals surface area contributed by atoms with E-state index in [1.54, 1.807) is 0 Å². The maximum Gasteiger partial charge on any atom is 0.306 e. The fourth-order valence-electron chi connectivity index (χ4n) is 8.95. The first-order valence-electron chi connectivity index (χ1n) is 30.8. The fourth-order valence-corrected chi connectivity index (χ4v) is 8.95. The summed E-state index contributed by atoms with van der Waals surface area (Å²) >= 11 is 0. The van der Waals surface area contributed by atoms with Crippen LogP contribution in [-0.4, -0.2) is 37.2 Å². The number of hydrogen-bond acceptors (Lipinski definition) is 6. The number of esters is 3. The maximum absolute atomic E-state index is 12.9. The van der Waals surface area contributed by atoms with Gasteiger partial charge in [-0.1, -0.05) is 300 Å². The average molecular weight is 994 g/mol. The third-order valence-electron chi connectivity index (χ3n) is 13.5. The van der Waals surface area contributed by atoms with Gasteiger partial charge in [0.05, 0.1) is 0 Å². The molecule has 0 saturated carbocycles. The van der Waals surface area contributed by atoms with Gasteiger partial charge in [-0.15, -0.1) is 0 Å². The van der Waals surface area contributed by atoms with Crippen molar-refractivity contribution in [3.8, 4) is 0 Å². The molecule has 0 aliphatic heterocycles. The standard InChI is InChI=1S/C65H116O6/c1-4-7-10-13-16-19-22-25-28-31-34-37-40-43-46-49-52-55-58-64(67)70-61-62(60-69-63(66)57-54-51-48-45-42-39-36-33-30-27-24-21-18-15-12-9-6-3)71-65(68)59-56-53-50-47-44-41-38-35-32-29-26-23-20-17-14-11-8-5-2/h9,12,18,21,27,30,36,39,45,48,62H,4-8,10-11,13-17,19-20,22-26,28-29,31-35,37-38,40-44,46-47,49-61H2,1-3H3/b12-9+,21-18+,30-27+,39-36+,48-45+/t62-/m1/s1. The first kappa shape index (κ1) is 68.1. The van der Waals surface area contributed by atoms with Gasteiger partial charge in [0.25, 0.3) is 0 Å². The van der Waals surface area contributed by atoms with Crippen LogP contribution in [0.3, 0.4) is 0 Å². The Morgan fingerprint density at radius 1 is 0.296 bits per heavy atom. The molecule has 0 aliphatic rings. The predicted molar refractivity (Wildman–Crippen MR) is 307 cm³/mol. The summed E-state index contributed by atoms with van der Waals surface area (Å²) in [6.45, 7) is 6.53. The zero-order valence-electron chi connectivity index (χ0n) is 47.2. The van der Waals surface area contributed by atoms with E-state index in [9.17, 15) is 14.4 Å². The Kier molecular flexibility index (Phi) is 57.2. The normalized spacial score (nSPS) is 12.4. The molecule has 6 nitrogen and oxygen atoms in total. The van der Waals surface area contributed by atoms with Crippen molar-refractivity contribution in [1.82, 2.24) is 0 Å². The average Bonchev–Trinajstić information content (AvgIpc) is 3.37. The molecule has 0 rings (SSSR count). The summed E-state index contributed by atoms with van der Waals surface area (Å²) in [5.74, 6) is -0.929. The second-order valence-corrected chi connectivity index (χ2v) is 20.6. The van der Waals surface area contributed by atoms with Crippen LogP contribution in [-0.2, 0) is 28.6 Å². The number of unbranched alkanes of at least 4 members (excludes halogenated alkanes) is 35. The molecule has 0 fully saturated rings. The molecule has 0 radical (unpaired) electrons. The van der Waals surface area contributed by atoms with Crippen LogP contribution in [0.15, 0.2) is 60.8 Å². The van der Waals surface area contributed by atoms with Crippen molar-refractivity contribution >= 4 is 17.9 Å². The van der Waals surface area contributed by atoms with Gasteiger partial charge in [0.2, 0.25) is 0 Å². The van der Waals surface area contributed by atoms with E-state index in [0.717, 1.165) is 77.0 Å². The van der Waals surface area contributed by atoms with Crippen molar-refractivity contribution in [2.45, 2.75) is 322 Å². The van der Waals surface area contributed by atoms with E-state index in [0.29, 0.717) is 19.3 Å². The van der Waals surface area contributed by atoms with Crippen molar-refractivity contribution in [2.75, 3.05) is 13.2 Å². The van der Waals surface area contributed by atoms with Gasteiger partial charge in [-0.2, -0.15) is 0 Å². The Labute approximate surface area is 440 Å². The van der Waals surface area contributed by atoms with Gasteiger partial charge in [-0.3, -0.25) is 14.4 Å². The van der Waals surface area contributed by atoms with Crippen LogP contribution >= 0.6 is 0 Å². The molecular formula is C65H116O6. The van der Waals surface area contributed by atoms with Crippen LogP contribution in [0.1, 0.15) is 316 Å². The maximum atomic E-state index is 12.9. The smallest absolute Gasteiger partial charge is 0.306 e. The molecule has 0 N–H and O–H groups in total. The highest BCUT2D eigenvalue weighted by atomic mass is 16.6. The van der Waals surface area contributed by atoms with Crippen molar-refractivity contribution in [2.24, 2.45) is 0 Å². The molecule has 0 aromatic rings. The molecule has 0 unspecified atom stereocenters. The van der Waals surface area contributed by atoms with Crippen LogP contribution in [0, 0.1) is 0 Å². The van der Waals surface area contributed by atoms with Crippen molar-refractivity contribution in [1.29, 1.82) is 0 Å². The highest BCUT2D eigenvalue weighted by Gasteiger charge is 2.19. The topological polar surface area (TPSA) is 78.9 Å². The first-order valence-corrected chi connectivity index (χ1v) is 30.8. The second-order valence-electron chi connectivity index (χ2n) is 20.6. The summed E-state index contributed by atoms with van der Waals surface area (Å²) in [6, 6.07) is 0. The van der Waals surface area contributed by atoms with Crippen LogP contribution in [0.2, 0.25) is 0 Å². The molecule has 6 heteroatoms. The zero-order chi connectivity index (χ0) is 51.4. The predicted octanol–water partition coefficient (Wildman–Crippen LogP) is 20.8. The van der Waals surface area contributed by atoms with Gasteiger partial charge in [0, 0.05) is 19.3 Å². The molecule has 71 heavy (non-hydrogen) atoms. The van der Waals surface area contributed by atoms with Gasteiger partial charge in [0.1, 0.15) is 13.2 Å². The van der Waals surface area contributed by atoms with E-state index in [1.807, 2.05) is 0 Å². The van der Waals surface area contributed by atoms with E-state index < -0.39 is 6.10 Å². The third kappa shape index (κ3) is 57.9. The van der Waals surface area contributed by atoms with Crippen molar-refractivity contribution in [3.05, 3.63) is 60.8 Å². The molecule has 412 valence electrons. The summed E-state index contributed by atoms with van der Waals surface area (Å²) in [6.07, 6.45) is 75.1. The number of carbonyl (C=O) groups is 3. The molecule has 0 saturated heterocycles. The fraction of sp³-hybridized carbons (Fsp3) is 0.800. The Bertz CT molecular complexity index is 1280. The Morgan fingerprint density at radius 2 is 0.549 bits per heavy atom. The van der Waals surface area contributed by atoms with Crippen LogP contribution < -0.4 is 0 Å². The minimum absolute atomic E-state index is 0.0872. The second kappa shape index (κ2) is 59.7. The minimum Gasteiger partial charge on any atom is -0.462 e. The van der Waals surface area contributed by atoms with E-state index in [1.165, 1.54) is 193 Å². The summed E-state index contributed by atoms with van der Waals surface area (Å²) < 4.78 is 16.9. The molecule has 1 atom stereocenters. The quantitative estimate of drug-likeness (QED) is 0.0261. The van der Waals surface area contributed by atoms with Crippen LogP contribution in [0.5, 0.6) is 0 Å². The summed E-state index contributed by atoms with van der Waals surface area (Å²) in [7, 11) is 0. The lowest BCUT2D eigenvalue weighted by Gasteiger charge is -2.18. The number of rotatable bonds is 56. The van der Waals surface area contributed by atoms with E-state index in [4.69, 9.17) is 14.2 Å². The zero-order valence-corrected chi connectivity index (χ0v) is 47.2. The van der Waals surface area contributed by atoms with Gasteiger partial charge < -0.3 is 14.2 Å². The van der Waals surface area contributed by atoms with Crippen LogP contribution in [0.4, 0.5) is 0 Å². The lowest BCUT2D eigenvalue weighted by atomic mass is 10.0. The number of ether oxygens (including phenoxy) is 3. The molecular weight excluding hydrogens is 877 g/mol. The first-order chi connectivity index (χ1) is 35.0. The largest absolute Gasteiger partial charge is 0.462 e. The molecule has 0 aromatic carbocycles. The van der Waals surface area contributed by atoms with E-state index in [-0.39, 0.29) is 37.5 Å². The summed E-state index contributed by atoms with van der Waals surface area (Å²) in [4.78, 5) is 38.2. The Balaban J connectivity index is 4.41. The van der Waals surface area contributed by atoms with E-state index in [2.05, 4.69) is 81.5 Å². The van der Waals surface area contributed by atoms with Crippen molar-refractivity contribution < 1.29 is 28.6 Å². The molecule has 0 aliphatic carbocycles. The minimum atomic E-state index is -0.794. The molecule has 0 heterocycles. The molecule has 0 bridgehead atoms. The lowest BCUT2D eigenvalue weighted by molar-refractivity contribution is -0.167. The molecule has 0 amide bonds. The van der Waals surface area contributed by atoms with Gasteiger partial charge in [0.15, 0.2) is 6.10 Å². The van der Waals surface area contributed by atoms with Crippen LogP contribution in [0.25, 0.3) is 0 Å². The Hall–Kier alpha value is -2.89. The highest BCUT2D eigenvalue weighted by molar-refractivity contribution is 5.71. The summed E-state index contributed by atoms with van der Waals surface area (Å²) in [5.41, 5.74) is 0. The number of allylic oxidation sites excluding steroid dienone is 10. The third-order valence-corrected chi connectivity index (χ3v) is 13.5. The van der Waals surface area contributed by atoms with Gasteiger partial charge in [-0.05, 0) is 57.8 Å². The van der Waals surface area contributed by atoms with E-state index >= 15 is 0 Å².